The number of unbranched alkanes of at least 4 members (excludes halogenated alkanes) is 4. The Bertz CT molecular complexity index is 485. The van der Waals surface area contributed by atoms with Crippen molar-refractivity contribution in [2.75, 3.05) is 39.3 Å². The lowest BCUT2D eigenvalue weighted by Gasteiger charge is -2.39. The van der Waals surface area contributed by atoms with Crippen molar-refractivity contribution < 1.29 is 23.9 Å². The number of likely N-dealkylation sites (tertiary alicyclic amines) is 1. The summed E-state index contributed by atoms with van der Waals surface area (Å²) in [7, 11) is 0. The zero-order valence-corrected chi connectivity index (χ0v) is 22.9. The van der Waals surface area contributed by atoms with E-state index in [2.05, 4.69) is 27.7 Å². The highest BCUT2D eigenvalue weighted by atomic mass is 16.6. The smallest absolute Gasteiger partial charge is 0.410 e. The van der Waals surface area contributed by atoms with E-state index >= 15 is 0 Å². The number of carboxylic acids is 1. The normalized spacial score (nSPS) is 15.1. The minimum Gasteiger partial charge on any atom is -0.550 e. The van der Waals surface area contributed by atoms with E-state index in [-0.39, 0.29) is 6.09 Å². The van der Waals surface area contributed by atoms with E-state index in [9.17, 15) is 14.7 Å². The number of quaternary nitrogens is 1. The van der Waals surface area contributed by atoms with Crippen LogP contribution in [0.1, 0.15) is 113 Å². The summed E-state index contributed by atoms with van der Waals surface area (Å²) in [5.74, 6) is -1.46. The lowest BCUT2D eigenvalue weighted by atomic mass is 9.97. The third-order valence-corrected chi connectivity index (χ3v) is 6.42. The van der Waals surface area contributed by atoms with Crippen molar-refractivity contribution in [3.05, 3.63) is 0 Å². The van der Waals surface area contributed by atoms with Gasteiger partial charge in [-0.1, -0.05) is 53.4 Å². The summed E-state index contributed by atoms with van der Waals surface area (Å²) < 4.78 is 6.62. The molecule has 0 aromatic carbocycles. The summed E-state index contributed by atoms with van der Waals surface area (Å²) in [4.78, 5) is 23.8. The second-order valence-corrected chi connectivity index (χ2v) is 10.7. The summed E-state index contributed by atoms with van der Waals surface area (Å²) in [6, 6.07) is 0. The van der Waals surface area contributed by atoms with E-state index in [1.165, 1.54) is 82.0 Å². The maximum Gasteiger partial charge on any atom is 0.410 e. The summed E-state index contributed by atoms with van der Waals surface area (Å²) in [5, 5.41) is 10.6. The fourth-order valence-corrected chi connectivity index (χ4v) is 4.27. The zero-order valence-electron chi connectivity index (χ0n) is 22.9. The van der Waals surface area contributed by atoms with Crippen molar-refractivity contribution in [3.8, 4) is 0 Å². The molecule has 1 amide bonds. The van der Waals surface area contributed by atoms with Crippen molar-refractivity contribution in [1.29, 1.82) is 0 Å². The fourth-order valence-electron chi connectivity index (χ4n) is 4.27. The van der Waals surface area contributed by atoms with Crippen molar-refractivity contribution in [2.24, 2.45) is 5.92 Å². The predicted molar refractivity (Wildman–Crippen MR) is 135 cm³/mol. The van der Waals surface area contributed by atoms with Gasteiger partial charge < -0.3 is 24.0 Å². The summed E-state index contributed by atoms with van der Waals surface area (Å²) in [6.45, 7) is 21.3. The fraction of sp³-hybridized carbons (Fsp3) is 0.926. The largest absolute Gasteiger partial charge is 0.550 e. The number of hydrogen-bond donors (Lipinski definition) is 0. The van der Waals surface area contributed by atoms with E-state index in [0.717, 1.165) is 0 Å². The molecule has 0 radical (unpaired) electrons. The van der Waals surface area contributed by atoms with Crippen LogP contribution in [0.2, 0.25) is 0 Å². The van der Waals surface area contributed by atoms with Gasteiger partial charge in [-0.25, -0.2) is 4.79 Å². The molecular formula is C27H54N2O4. The van der Waals surface area contributed by atoms with Crippen LogP contribution in [0.5, 0.6) is 0 Å². The van der Waals surface area contributed by atoms with Gasteiger partial charge in [0, 0.05) is 25.0 Å². The van der Waals surface area contributed by atoms with Gasteiger partial charge in [-0.3, -0.25) is 0 Å². The van der Waals surface area contributed by atoms with Crippen LogP contribution in [-0.4, -0.2) is 66.3 Å². The maximum absolute atomic E-state index is 11.6. The van der Waals surface area contributed by atoms with Crippen molar-refractivity contribution in [3.63, 3.8) is 0 Å². The Hall–Kier alpha value is -1.30. The van der Waals surface area contributed by atoms with E-state index < -0.39 is 17.5 Å². The Morgan fingerprint density at radius 1 is 0.818 bits per heavy atom. The molecule has 0 aromatic rings. The Morgan fingerprint density at radius 2 is 1.18 bits per heavy atom. The second-order valence-electron chi connectivity index (χ2n) is 10.7. The molecule has 196 valence electrons. The summed E-state index contributed by atoms with van der Waals surface area (Å²) >= 11 is 0. The molecule has 0 atom stereocenters. The molecule has 0 aliphatic carbocycles. The molecule has 0 bridgehead atoms. The molecular weight excluding hydrogens is 416 g/mol. The summed E-state index contributed by atoms with van der Waals surface area (Å²) in [5.41, 5.74) is -0.512. The topological polar surface area (TPSA) is 69.7 Å². The molecule has 1 aliphatic rings. The number of amides is 1. The molecule has 0 spiro atoms. The van der Waals surface area contributed by atoms with E-state index in [1.54, 1.807) is 25.7 Å². The first-order valence-electron chi connectivity index (χ1n) is 13.6. The third kappa shape index (κ3) is 14.5. The molecule has 6 nitrogen and oxygen atoms in total. The molecule has 0 N–H and O–H groups in total. The number of nitrogens with zero attached hydrogens (tertiary/aromatic N) is 2. The second kappa shape index (κ2) is 17.2. The van der Waals surface area contributed by atoms with Gasteiger partial charge in [-0.15, -0.1) is 0 Å². The molecule has 1 rings (SSSR count). The summed E-state index contributed by atoms with van der Waals surface area (Å²) in [6.07, 6.45) is 11.6. The molecule has 1 heterocycles. The first kappa shape index (κ1) is 31.7. The van der Waals surface area contributed by atoms with Crippen LogP contribution in [0.15, 0.2) is 0 Å². The third-order valence-electron chi connectivity index (χ3n) is 6.42. The number of rotatable bonds is 13. The Kier molecular flexibility index (Phi) is 16.5. The van der Waals surface area contributed by atoms with Crippen LogP contribution in [0, 0.1) is 5.92 Å². The Morgan fingerprint density at radius 3 is 1.45 bits per heavy atom. The van der Waals surface area contributed by atoms with Crippen LogP contribution < -0.4 is 5.11 Å². The maximum atomic E-state index is 11.6. The van der Waals surface area contributed by atoms with E-state index in [1.807, 2.05) is 0 Å². The van der Waals surface area contributed by atoms with Gasteiger partial charge in [-0.2, -0.15) is 0 Å². The average molecular weight is 471 g/mol. The number of carboxylic acid groups (broad SMARTS) is 1. The number of piperidine rings is 1. The van der Waals surface area contributed by atoms with Crippen LogP contribution in [0.4, 0.5) is 4.79 Å². The number of hydrogen-bond acceptors (Lipinski definition) is 4. The quantitative estimate of drug-likeness (QED) is 0.339. The molecule has 33 heavy (non-hydrogen) atoms. The van der Waals surface area contributed by atoms with E-state index in [4.69, 9.17) is 4.74 Å². The van der Waals surface area contributed by atoms with Crippen LogP contribution in [0.25, 0.3) is 0 Å². The highest BCUT2D eigenvalue weighted by Gasteiger charge is 2.27. The highest BCUT2D eigenvalue weighted by Crippen LogP contribution is 2.19. The Balaban J connectivity index is 0.000000621. The number of carbonyl (C=O) groups excluding carboxylic acids is 2. The van der Waals surface area contributed by atoms with Gasteiger partial charge in [0.15, 0.2) is 0 Å². The molecule has 0 aromatic heterocycles. The van der Waals surface area contributed by atoms with Gasteiger partial charge in [0.2, 0.25) is 0 Å². The number of carbonyl (C=O) groups is 2. The lowest BCUT2D eigenvalue weighted by Crippen LogP contribution is -2.50. The minimum absolute atomic E-state index is 0.371. The molecule has 1 fully saturated rings. The molecule has 1 saturated heterocycles. The zero-order chi connectivity index (χ0) is 25.3. The van der Waals surface area contributed by atoms with Crippen LogP contribution >= 0.6 is 0 Å². The van der Waals surface area contributed by atoms with E-state index in [0.29, 0.717) is 25.9 Å². The van der Waals surface area contributed by atoms with Crippen molar-refractivity contribution in [1.82, 2.24) is 4.90 Å². The Labute approximate surface area is 204 Å². The first-order chi connectivity index (χ1) is 15.5. The standard InChI is InChI=1S/C16H36N.C11H19NO4/c1-5-9-13-17(14-10-6-2,15-11-7-3)16-12-8-4;1-11(2,3)16-10(15)12-6-4-8(5-7-12)9(13)14/h5-16H2,1-4H3;8H,4-7H2,1-3H3,(H,13,14)/q+1;/p-1. The van der Waals surface area contributed by atoms with Gasteiger partial charge in [0.1, 0.15) is 5.60 Å². The number of aliphatic carboxylic acids is 1. The molecule has 6 heteroatoms. The van der Waals surface area contributed by atoms with Crippen molar-refractivity contribution >= 4 is 12.1 Å². The lowest BCUT2D eigenvalue weighted by molar-refractivity contribution is -0.929. The highest BCUT2D eigenvalue weighted by molar-refractivity contribution is 5.70. The van der Waals surface area contributed by atoms with Gasteiger partial charge >= 0.3 is 6.09 Å². The van der Waals surface area contributed by atoms with Crippen LogP contribution in [-0.2, 0) is 9.53 Å². The molecule has 0 unspecified atom stereocenters. The molecule has 0 saturated carbocycles. The van der Waals surface area contributed by atoms with Crippen LogP contribution in [0.3, 0.4) is 0 Å². The van der Waals surface area contributed by atoms with Gasteiger partial charge in [0.05, 0.1) is 26.2 Å². The first-order valence-corrected chi connectivity index (χ1v) is 13.6. The van der Waals surface area contributed by atoms with Gasteiger partial charge in [-0.05, 0) is 59.3 Å². The monoisotopic (exact) mass is 470 g/mol. The van der Waals surface area contributed by atoms with Gasteiger partial charge in [0.25, 0.3) is 0 Å². The SMILES string of the molecule is CC(C)(C)OC(=O)N1CCC(C(=O)[O-])CC1.CCCC[N+](CCCC)(CCCC)CCCC. The van der Waals surface area contributed by atoms with Crippen molar-refractivity contribution in [2.45, 2.75) is 118 Å². The average Bonchev–Trinajstić information content (AvgIpc) is 2.77. The molecule has 1 aliphatic heterocycles. The number of ether oxygens (including phenoxy) is 1. The minimum atomic E-state index is -1.02. The predicted octanol–water partition coefficient (Wildman–Crippen LogP) is 5.39.